The van der Waals surface area contributed by atoms with Crippen LogP contribution >= 0.6 is 0 Å². The number of nitrogens with one attached hydrogen (secondary N) is 1. The fourth-order valence-electron chi connectivity index (χ4n) is 0.803. The molecule has 3 nitrogen and oxygen atoms in total. The highest BCUT2D eigenvalue weighted by molar-refractivity contribution is 5.14. The number of allylic oxidation sites excluding steroid dienone is 1. The van der Waals surface area contributed by atoms with E-state index in [1.807, 2.05) is 25.1 Å². The Hall–Kier alpha value is -1.36. The summed E-state index contributed by atoms with van der Waals surface area (Å²) in [5, 5.41) is 2.49. The Morgan fingerprint density at radius 1 is 1.44 bits per heavy atom. The maximum Gasteiger partial charge on any atom is 0.303 e. The molecular formula is C11H19F2N3. The van der Waals surface area contributed by atoms with Crippen LogP contribution in [0.4, 0.5) is 8.78 Å². The van der Waals surface area contributed by atoms with Gasteiger partial charge in [0.05, 0.1) is 12.2 Å². The number of nitrogens with two attached hydrogens (primary N) is 1. The molecular weight excluding hydrogens is 212 g/mol. The minimum Gasteiger partial charge on any atom is -0.398 e. The molecule has 0 aromatic heterocycles. The molecule has 0 bridgehead atoms. The number of halogens is 2. The van der Waals surface area contributed by atoms with Crippen molar-refractivity contribution < 1.29 is 8.78 Å². The van der Waals surface area contributed by atoms with E-state index >= 15 is 0 Å². The SMILES string of the molecule is C=C(/C=C/CN(C)C)NCC(F)(F)C(=C)N. The van der Waals surface area contributed by atoms with E-state index in [1.165, 1.54) is 0 Å². The number of likely N-dealkylation sites (N-methyl/N-ethyl adjacent to an activating group) is 1. The predicted molar refractivity (Wildman–Crippen MR) is 63.1 cm³/mol. The summed E-state index contributed by atoms with van der Waals surface area (Å²) in [7, 11) is 3.82. The molecule has 0 aliphatic rings. The summed E-state index contributed by atoms with van der Waals surface area (Å²) in [6.45, 7) is 6.75. The zero-order valence-corrected chi connectivity index (χ0v) is 9.76. The molecule has 0 aliphatic carbocycles. The molecule has 5 heteroatoms. The zero-order valence-electron chi connectivity index (χ0n) is 9.76. The van der Waals surface area contributed by atoms with Crippen LogP contribution in [0.5, 0.6) is 0 Å². The van der Waals surface area contributed by atoms with E-state index in [-0.39, 0.29) is 0 Å². The third kappa shape index (κ3) is 6.19. The smallest absolute Gasteiger partial charge is 0.303 e. The summed E-state index contributed by atoms with van der Waals surface area (Å²) < 4.78 is 26.0. The van der Waals surface area contributed by atoms with E-state index in [9.17, 15) is 8.78 Å². The maximum atomic E-state index is 13.0. The molecule has 0 heterocycles. The lowest BCUT2D eigenvalue weighted by molar-refractivity contribution is 0.0437. The lowest BCUT2D eigenvalue weighted by Gasteiger charge is -2.17. The Morgan fingerprint density at radius 2 is 2.00 bits per heavy atom. The molecule has 0 saturated heterocycles. The van der Waals surface area contributed by atoms with E-state index < -0.39 is 18.2 Å². The van der Waals surface area contributed by atoms with Crippen LogP contribution in [0.3, 0.4) is 0 Å². The predicted octanol–water partition coefficient (Wildman–Crippen LogP) is 1.32. The number of hydrogen-bond donors (Lipinski definition) is 2. The van der Waals surface area contributed by atoms with Gasteiger partial charge in [0.1, 0.15) is 0 Å². The monoisotopic (exact) mass is 231 g/mol. The van der Waals surface area contributed by atoms with Crippen molar-refractivity contribution in [1.82, 2.24) is 10.2 Å². The van der Waals surface area contributed by atoms with Crippen LogP contribution in [-0.2, 0) is 0 Å². The van der Waals surface area contributed by atoms with Gasteiger partial charge in [-0.2, -0.15) is 8.78 Å². The molecule has 0 amide bonds. The van der Waals surface area contributed by atoms with Gasteiger partial charge >= 0.3 is 5.92 Å². The number of alkyl halides is 2. The topological polar surface area (TPSA) is 41.3 Å². The second kappa shape index (κ2) is 6.27. The van der Waals surface area contributed by atoms with Gasteiger partial charge < -0.3 is 16.0 Å². The third-order valence-corrected chi connectivity index (χ3v) is 1.80. The molecule has 16 heavy (non-hydrogen) atoms. The van der Waals surface area contributed by atoms with Crippen molar-refractivity contribution in [2.75, 3.05) is 27.2 Å². The van der Waals surface area contributed by atoms with Crippen LogP contribution in [0.25, 0.3) is 0 Å². The van der Waals surface area contributed by atoms with Crippen LogP contribution in [0.2, 0.25) is 0 Å². The van der Waals surface area contributed by atoms with Crippen molar-refractivity contribution in [2.24, 2.45) is 5.73 Å². The summed E-state index contributed by atoms with van der Waals surface area (Å²) in [5.41, 5.74) is 4.73. The lowest BCUT2D eigenvalue weighted by atomic mass is 10.2. The first kappa shape index (κ1) is 14.6. The first-order valence-corrected chi connectivity index (χ1v) is 4.82. The standard InChI is InChI=1S/C11H19F2N3/c1-9(6-5-7-16(3)4)15-8-11(12,13)10(2)14/h5-6,15H,1-2,7-8,14H2,3-4H3/b6-5+. The summed E-state index contributed by atoms with van der Waals surface area (Å²) in [5.74, 6) is -3.11. The van der Waals surface area contributed by atoms with Crippen LogP contribution in [-0.4, -0.2) is 38.0 Å². The van der Waals surface area contributed by atoms with Crippen molar-refractivity contribution in [3.05, 3.63) is 36.7 Å². The van der Waals surface area contributed by atoms with Crippen LogP contribution in [0.1, 0.15) is 0 Å². The summed E-state index contributed by atoms with van der Waals surface area (Å²) in [6, 6.07) is 0. The van der Waals surface area contributed by atoms with Crippen molar-refractivity contribution in [1.29, 1.82) is 0 Å². The van der Waals surface area contributed by atoms with Gasteiger partial charge in [0, 0.05) is 12.2 Å². The molecule has 92 valence electrons. The minimum atomic E-state index is -3.11. The van der Waals surface area contributed by atoms with E-state index in [4.69, 9.17) is 5.73 Å². The second-order valence-corrected chi connectivity index (χ2v) is 3.77. The van der Waals surface area contributed by atoms with E-state index in [2.05, 4.69) is 18.5 Å². The van der Waals surface area contributed by atoms with Crippen molar-refractivity contribution in [3.8, 4) is 0 Å². The van der Waals surface area contributed by atoms with Gasteiger partial charge in [0.2, 0.25) is 0 Å². The molecule has 0 aliphatic heterocycles. The van der Waals surface area contributed by atoms with Gasteiger partial charge in [0.15, 0.2) is 0 Å². The molecule has 0 saturated carbocycles. The lowest BCUT2D eigenvalue weighted by Crippen LogP contribution is -2.36. The normalized spacial score (nSPS) is 12.1. The molecule has 0 atom stereocenters. The average molecular weight is 231 g/mol. The molecule has 0 unspecified atom stereocenters. The van der Waals surface area contributed by atoms with Crippen molar-refractivity contribution >= 4 is 0 Å². The van der Waals surface area contributed by atoms with Gasteiger partial charge in [-0.1, -0.05) is 19.2 Å². The molecule has 0 fully saturated rings. The molecule has 0 spiro atoms. The van der Waals surface area contributed by atoms with Gasteiger partial charge in [-0.3, -0.25) is 0 Å². The van der Waals surface area contributed by atoms with E-state index in [0.29, 0.717) is 5.70 Å². The molecule has 0 rings (SSSR count). The number of hydrogen-bond acceptors (Lipinski definition) is 3. The molecule has 3 N–H and O–H groups in total. The van der Waals surface area contributed by atoms with Gasteiger partial charge in [0.25, 0.3) is 0 Å². The van der Waals surface area contributed by atoms with Crippen LogP contribution in [0.15, 0.2) is 36.7 Å². The Morgan fingerprint density at radius 3 is 2.44 bits per heavy atom. The zero-order chi connectivity index (χ0) is 12.8. The Labute approximate surface area is 95.3 Å². The average Bonchev–Trinajstić information content (AvgIpc) is 2.14. The summed E-state index contributed by atoms with van der Waals surface area (Å²) >= 11 is 0. The summed E-state index contributed by atoms with van der Waals surface area (Å²) in [6.07, 6.45) is 3.47. The van der Waals surface area contributed by atoms with E-state index in [1.54, 1.807) is 6.08 Å². The first-order valence-electron chi connectivity index (χ1n) is 4.82. The van der Waals surface area contributed by atoms with Gasteiger partial charge in [-0.25, -0.2) is 0 Å². The third-order valence-electron chi connectivity index (χ3n) is 1.80. The highest BCUT2D eigenvalue weighted by Gasteiger charge is 2.30. The first-order chi connectivity index (χ1) is 7.25. The molecule has 0 radical (unpaired) electrons. The summed E-state index contributed by atoms with van der Waals surface area (Å²) in [4.78, 5) is 1.94. The maximum absolute atomic E-state index is 13.0. The van der Waals surface area contributed by atoms with Crippen molar-refractivity contribution in [3.63, 3.8) is 0 Å². The van der Waals surface area contributed by atoms with Crippen LogP contribution < -0.4 is 11.1 Å². The van der Waals surface area contributed by atoms with E-state index in [0.717, 1.165) is 6.54 Å². The Bertz CT molecular complexity index is 283. The molecule has 0 aromatic rings. The quantitative estimate of drug-likeness (QED) is 0.649. The fraction of sp³-hybridized carbons (Fsp3) is 0.455. The Balaban J connectivity index is 3.99. The fourth-order valence-corrected chi connectivity index (χ4v) is 0.803. The number of rotatable bonds is 7. The van der Waals surface area contributed by atoms with Crippen LogP contribution in [0, 0.1) is 0 Å². The Kier molecular flexibility index (Phi) is 5.74. The second-order valence-electron chi connectivity index (χ2n) is 3.77. The van der Waals surface area contributed by atoms with Gasteiger partial charge in [-0.15, -0.1) is 0 Å². The van der Waals surface area contributed by atoms with Gasteiger partial charge in [-0.05, 0) is 20.2 Å². The highest BCUT2D eigenvalue weighted by atomic mass is 19.3. The van der Waals surface area contributed by atoms with Crippen molar-refractivity contribution in [2.45, 2.75) is 5.92 Å². The minimum absolute atomic E-state index is 0.419. The number of nitrogens with zero attached hydrogens (tertiary/aromatic N) is 1. The highest BCUT2D eigenvalue weighted by Crippen LogP contribution is 2.17. The largest absolute Gasteiger partial charge is 0.398 e. The molecule has 0 aromatic carbocycles.